The summed E-state index contributed by atoms with van der Waals surface area (Å²) in [4.78, 5) is 22.8. The summed E-state index contributed by atoms with van der Waals surface area (Å²) in [5.41, 5.74) is 7.55. The van der Waals surface area contributed by atoms with Gasteiger partial charge in [0.05, 0.1) is 27.7 Å². The van der Waals surface area contributed by atoms with Gasteiger partial charge in [-0.05, 0) is 28.3 Å². The summed E-state index contributed by atoms with van der Waals surface area (Å²) in [6.45, 7) is 0. The predicted molar refractivity (Wildman–Crippen MR) is 115 cm³/mol. The minimum Gasteiger partial charge on any atom is -0.272 e. The van der Waals surface area contributed by atoms with Gasteiger partial charge in [0.2, 0.25) is 5.91 Å². The van der Waals surface area contributed by atoms with Crippen molar-refractivity contribution in [2.45, 2.75) is 5.25 Å². The largest absolute Gasteiger partial charge is 0.278 e. The summed E-state index contributed by atoms with van der Waals surface area (Å²) in [5, 5.41) is 15.0. The third-order valence-corrected chi connectivity index (χ3v) is 5.95. The van der Waals surface area contributed by atoms with Crippen LogP contribution in [0.3, 0.4) is 0 Å². The van der Waals surface area contributed by atoms with Crippen LogP contribution in [0.15, 0.2) is 77.9 Å². The number of carbonyl (C=O) groups is 1. The molecule has 3 aromatic carbocycles. The Hall–Kier alpha value is -3.45. The number of hydrazone groups is 1. The zero-order chi connectivity index (χ0) is 20.2. The van der Waals surface area contributed by atoms with Gasteiger partial charge in [-0.25, -0.2) is 5.43 Å². The zero-order valence-corrected chi connectivity index (χ0v) is 16.1. The molecule has 0 unspecified atom stereocenters. The van der Waals surface area contributed by atoms with Gasteiger partial charge in [0.15, 0.2) is 0 Å². The normalized spacial score (nSPS) is 12.6. The van der Waals surface area contributed by atoms with E-state index in [4.69, 9.17) is 0 Å². The highest BCUT2D eigenvalue weighted by Crippen LogP contribution is 2.49. The van der Waals surface area contributed by atoms with Gasteiger partial charge in [0, 0.05) is 6.07 Å². The minimum atomic E-state index is -0.478. The van der Waals surface area contributed by atoms with Crippen molar-refractivity contribution in [2.24, 2.45) is 5.10 Å². The topological polar surface area (TPSA) is 84.6 Å². The lowest BCUT2D eigenvalue weighted by atomic mass is 10.1. The molecule has 0 aliphatic heterocycles. The number of rotatable bonds is 6. The molecule has 0 heterocycles. The number of fused-ring (bicyclic) bond motifs is 3. The highest BCUT2D eigenvalue weighted by atomic mass is 32.2. The minimum absolute atomic E-state index is 0.0564. The number of nitrogens with zero attached hydrogens (tertiary/aromatic N) is 2. The number of nitro benzene ring substituents is 1. The van der Waals surface area contributed by atoms with Crippen LogP contribution in [-0.2, 0) is 4.79 Å². The number of thioether (sulfide) groups is 1. The second-order valence-electron chi connectivity index (χ2n) is 6.47. The molecule has 1 amide bonds. The van der Waals surface area contributed by atoms with Gasteiger partial charge in [-0.2, -0.15) is 5.10 Å². The predicted octanol–water partition coefficient (Wildman–Crippen LogP) is 4.55. The lowest BCUT2D eigenvalue weighted by Crippen LogP contribution is -2.20. The lowest BCUT2D eigenvalue weighted by molar-refractivity contribution is -0.385. The molecule has 3 aromatic rings. The fourth-order valence-corrected chi connectivity index (χ4v) is 4.57. The average molecular weight is 403 g/mol. The molecule has 0 spiro atoms. The number of hydrogen-bond acceptors (Lipinski definition) is 5. The van der Waals surface area contributed by atoms with E-state index in [1.165, 1.54) is 46.3 Å². The number of amides is 1. The molecule has 29 heavy (non-hydrogen) atoms. The first-order valence-electron chi connectivity index (χ1n) is 9.00. The standard InChI is InChI=1S/C22H17N3O3S/c26-21(24-23-13-15-7-1-6-12-20(15)25(27)28)14-29-22-18-10-4-2-8-16(18)17-9-3-5-11-19(17)22/h1-13,22H,14H2,(H,24,26)/b23-13+. The Kier molecular flexibility index (Phi) is 5.39. The van der Waals surface area contributed by atoms with Crippen molar-refractivity contribution in [2.75, 3.05) is 5.75 Å². The molecule has 0 aromatic heterocycles. The number of carbonyl (C=O) groups excluding carboxylic acids is 1. The summed E-state index contributed by atoms with van der Waals surface area (Å²) >= 11 is 1.54. The summed E-state index contributed by atoms with van der Waals surface area (Å²) in [6, 6.07) is 22.7. The second-order valence-corrected chi connectivity index (χ2v) is 7.57. The summed E-state index contributed by atoms with van der Waals surface area (Å²) in [7, 11) is 0. The molecular weight excluding hydrogens is 386 g/mol. The van der Waals surface area contributed by atoms with Crippen LogP contribution in [0.5, 0.6) is 0 Å². The maximum absolute atomic E-state index is 12.3. The molecule has 0 saturated carbocycles. The van der Waals surface area contributed by atoms with Crippen molar-refractivity contribution >= 4 is 29.6 Å². The maximum Gasteiger partial charge on any atom is 0.278 e. The molecule has 0 saturated heterocycles. The first-order chi connectivity index (χ1) is 14.1. The van der Waals surface area contributed by atoms with Crippen molar-refractivity contribution < 1.29 is 9.72 Å². The number of nitro groups is 1. The molecule has 6 nitrogen and oxygen atoms in total. The third kappa shape index (κ3) is 3.90. The van der Waals surface area contributed by atoms with E-state index in [1.807, 2.05) is 24.3 Å². The number of nitrogens with one attached hydrogen (secondary N) is 1. The van der Waals surface area contributed by atoms with E-state index in [9.17, 15) is 14.9 Å². The Morgan fingerprint density at radius 3 is 2.24 bits per heavy atom. The van der Waals surface area contributed by atoms with Crippen LogP contribution < -0.4 is 5.43 Å². The SMILES string of the molecule is O=C(CSC1c2ccccc2-c2ccccc21)N/N=C/c1ccccc1[N+](=O)[O-]. The van der Waals surface area contributed by atoms with Gasteiger partial charge in [0.1, 0.15) is 0 Å². The summed E-state index contributed by atoms with van der Waals surface area (Å²) < 4.78 is 0. The first-order valence-corrected chi connectivity index (χ1v) is 10.0. The van der Waals surface area contributed by atoms with Crippen LogP contribution in [0.4, 0.5) is 5.69 Å². The highest BCUT2D eigenvalue weighted by Gasteiger charge is 2.28. The molecule has 1 N–H and O–H groups in total. The Bertz CT molecular complexity index is 1070. The van der Waals surface area contributed by atoms with E-state index in [1.54, 1.807) is 18.2 Å². The third-order valence-electron chi connectivity index (χ3n) is 4.68. The van der Waals surface area contributed by atoms with Crippen molar-refractivity contribution in [1.82, 2.24) is 5.43 Å². The molecule has 1 aliphatic carbocycles. The van der Waals surface area contributed by atoms with Crippen LogP contribution in [0, 0.1) is 10.1 Å². The monoisotopic (exact) mass is 403 g/mol. The molecule has 1 aliphatic rings. The molecule has 7 heteroatoms. The van der Waals surface area contributed by atoms with Gasteiger partial charge in [0.25, 0.3) is 5.69 Å². The van der Waals surface area contributed by atoms with Crippen LogP contribution in [-0.4, -0.2) is 22.8 Å². The molecule has 0 fully saturated rings. The van der Waals surface area contributed by atoms with Gasteiger partial charge in [-0.1, -0.05) is 60.7 Å². The Balaban J connectivity index is 1.41. The van der Waals surface area contributed by atoms with Crippen molar-refractivity contribution in [3.8, 4) is 11.1 Å². The van der Waals surface area contributed by atoms with Crippen LogP contribution in [0.2, 0.25) is 0 Å². The molecule has 144 valence electrons. The number of para-hydroxylation sites is 1. The van der Waals surface area contributed by atoms with Gasteiger partial charge in [-0.15, -0.1) is 11.8 Å². The average Bonchev–Trinajstić information content (AvgIpc) is 3.06. The Morgan fingerprint density at radius 1 is 1.00 bits per heavy atom. The van der Waals surface area contributed by atoms with E-state index in [0.29, 0.717) is 5.56 Å². The van der Waals surface area contributed by atoms with Crippen molar-refractivity contribution in [3.05, 3.63) is 99.6 Å². The van der Waals surface area contributed by atoms with E-state index in [2.05, 4.69) is 34.8 Å². The Morgan fingerprint density at radius 2 is 1.59 bits per heavy atom. The van der Waals surface area contributed by atoms with E-state index in [0.717, 1.165) is 0 Å². The maximum atomic E-state index is 12.3. The van der Waals surface area contributed by atoms with Crippen LogP contribution >= 0.6 is 11.8 Å². The van der Waals surface area contributed by atoms with Crippen LogP contribution in [0.1, 0.15) is 21.9 Å². The molecule has 0 bridgehead atoms. The van der Waals surface area contributed by atoms with Crippen LogP contribution in [0.25, 0.3) is 11.1 Å². The van der Waals surface area contributed by atoms with Crippen molar-refractivity contribution in [3.63, 3.8) is 0 Å². The summed E-state index contributed by atoms with van der Waals surface area (Å²) in [5.74, 6) is -0.0339. The highest BCUT2D eigenvalue weighted by molar-refractivity contribution is 8.00. The molecule has 0 radical (unpaired) electrons. The molecule has 4 rings (SSSR count). The fraction of sp³-hybridized carbons (Fsp3) is 0.0909. The van der Waals surface area contributed by atoms with Gasteiger partial charge in [-0.3, -0.25) is 14.9 Å². The number of benzene rings is 3. The second kappa shape index (κ2) is 8.28. The number of hydrogen-bond donors (Lipinski definition) is 1. The smallest absolute Gasteiger partial charge is 0.272 e. The van der Waals surface area contributed by atoms with E-state index < -0.39 is 4.92 Å². The molecular formula is C22H17N3O3S. The zero-order valence-electron chi connectivity index (χ0n) is 15.3. The first kappa shape index (κ1) is 18.9. The molecule has 0 atom stereocenters. The van der Waals surface area contributed by atoms with E-state index >= 15 is 0 Å². The lowest BCUT2D eigenvalue weighted by Gasteiger charge is -2.12. The van der Waals surface area contributed by atoms with Gasteiger partial charge >= 0.3 is 0 Å². The van der Waals surface area contributed by atoms with E-state index in [-0.39, 0.29) is 22.6 Å². The van der Waals surface area contributed by atoms with Gasteiger partial charge < -0.3 is 0 Å². The quantitative estimate of drug-likeness (QED) is 0.372. The Labute approximate surface area is 171 Å². The summed E-state index contributed by atoms with van der Waals surface area (Å²) in [6.07, 6.45) is 1.29. The fourth-order valence-electron chi connectivity index (χ4n) is 3.42. The van der Waals surface area contributed by atoms with Crippen molar-refractivity contribution in [1.29, 1.82) is 0 Å².